The van der Waals surface area contributed by atoms with Crippen LogP contribution >= 0.6 is 0 Å². The molecular formula is C13H22N2O4. The fourth-order valence-corrected chi connectivity index (χ4v) is 3.19. The highest BCUT2D eigenvalue weighted by atomic mass is 16.5. The highest BCUT2D eigenvalue weighted by molar-refractivity contribution is 5.92. The van der Waals surface area contributed by atoms with Crippen molar-refractivity contribution >= 4 is 12.0 Å². The zero-order valence-electron chi connectivity index (χ0n) is 11.4. The van der Waals surface area contributed by atoms with Gasteiger partial charge >= 0.3 is 6.09 Å². The Labute approximate surface area is 113 Å². The van der Waals surface area contributed by atoms with Gasteiger partial charge in [0.1, 0.15) is 0 Å². The number of imide groups is 1. The zero-order chi connectivity index (χ0) is 13.9. The summed E-state index contributed by atoms with van der Waals surface area (Å²) < 4.78 is 4.38. The molecule has 2 fully saturated rings. The molecule has 0 aromatic heterocycles. The molecule has 2 aliphatic rings. The first-order valence-corrected chi connectivity index (χ1v) is 6.86. The molecule has 0 bridgehead atoms. The van der Waals surface area contributed by atoms with Crippen molar-refractivity contribution in [1.29, 1.82) is 0 Å². The third-order valence-corrected chi connectivity index (χ3v) is 4.31. The van der Waals surface area contributed by atoms with Crippen molar-refractivity contribution in [3.05, 3.63) is 0 Å². The van der Waals surface area contributed by atoms with Crippen LogP contribution in [0.4, 0.5) is 4.79 Å². The molecule has 2 N–H and O–H groups in total. The lowest BCUT2D eigenvalue weighted by atomic mass is 9.71. The molecule has 1 heterocycles. The first kappa shape index (κ1) is 14.3. The van der Waals surface area contributed by atoms with E-state index in [1.165, 1.54) is 7.11 Å². The van der Waals surface area contributed by atoms with Crippen LogP contribution in [0.1, 0.15) is 32.1 Å². The quantitative estimate of drug-likeness (QED) is 0.763. The minimum atomic E-state index is -0.726. The number of nitrogens with one attached hydrogen (secondary N) is 1. The average Bonchev–Trinajstić information content (AvgIpc) is 2.38. The molecular weight excluding hydrogens is 248 g/mol. The molecule has 2 amide bonds. The van der Waals surface area contributed by atoms with Gasteiger partial charge in [0, 0.05) is 19.0 Å². The van der Waals surface area contributed by atoms with Crippen LogP contribution in [0.15, 0.2) is 0 Å². The Morgan fingerprint density at radius 2 is 2.21 bits per heavy atom. The highest BCUT2D eigenvalue weighted by Crippen LogP contribution is 2.39. The summed E-state index contributed by atoms with van der Waals surface area (Å²) in [5.74, 6) is -0.103. The van der Waals surface area contributed by atoms with Gasteiger partial charge in [-0.05, 0) is 19.3 Å². The Bertz CT molecular complexity index is 361. The van der Waals surface area contributed by atoms with Crippen LogP contribution in [-0.2, 0) is 9.53 Å². The van der Waals surface area contributed by atoms with Crippen molar-refractivity contribution in [3.63, 3.8) is 0 Å². The van der Waals surface area contributed by atoms with Crippen molar-refractivity contribution in [1.82, 2.24) is 10.2 Å². The summed E-state index contributed by atoms with van der Waals surface area (Å²) in [6.45, 7) is 1.61. The van der Waals surface area contributed by atoms with Gasteiger partial charge < -0.3 is 9.84 Å². The van der Waals surface area contributed by atoms with E-state index in [9.17, 15) is 14.7 Å². The maximum atomic E-state index is 11.6. The van der Waals surface area contributed by atoms with Gasteiger partial charge in [0.05, 0.1) is 19.3 Å². The summed E-state index contributed by atoms with van der Waals surface area (Å²) in [6.07, 6.45) is 4.12. The van der Waals surface area contributed by atoms with Crippen molar-refractivity contribution in [3.8, 4) is 0 Å². The van der Waals surface area contributed by atoms with Gasteiger partial charge in [0.25, 0.3) is 0 Å². The lowest BCUT2D eigenvalue weighted by Gasteiger charge is -2.47. The zero-order valence-corrected chi connectivity index (χ0v) is 11.4. The number of carbonyl (C=O) groups is 2. The average molecular weight is 270 g/mol. The smallest absolute Gasteiger partial charge is 0.413 e. The highest BCUT2D eigenvalue weighted by Gasteiger charge is 2.42. The number of alkyl carbamates (subject to hydrolysis) is 1. The van der Waals surface area contributed by atoms with Crippen LogP contribution in [0.3, 0.4) is 0 Å². The van der Waals surface area contributed by atoms with E-state index in [2.05, 4.69) is 10.1 Å². The minimum Gasteiger partial charge on any atom is -0.453 e. The van der Waals surface area contributed by atoms with E-state index in [0.717, 1.165) is 32.2 Å². The number of aliphatic hydroxyl groups is 1. The van der Waals surface area contributed by atoms with E-state index in [1.54, 1.807) is 0 Å². The summed E-state index contributed by atoms with van der Waals surface area (Å²) >= 11 is 0. The molecule has 0 spiro atoms. The second-order valence-electron chi connectivity index (χ2n) is 5.57. The second-order valence-corrected chi connectivity index (χ2v) is 5.57. The topological polar surface area (TPSA) is 78.9 Å². The molecule has 2 unspecified atom stereocenters. The number of methoxy groups -OCH3 is 1. The molecule has 19 heavy (non-hydrogen) atoms. The van der Waals surface area contributed by atoms with Gasteiger partial charge in [0.15, 0.2) is 0 Å². The number of carbonyl (C=O) groups excluding carboxylic acids is 2. The summed E-state index contributed by atoms with van der Waals surface area (Å²) in [5.41, 5.74) is -0.534. The Morgan fingerprint density at radius 3 is 2.95 bits per heavy atom. The summed E-state index contributed by atoms with van der Waals surface area (Å²) in [4.78, 5) is 24.5. The van der Waals surface area contributed by atoms with Crippen molar-refractivity contribution in [2.45, 2.75) is 37.7 Å². The molecule has 1 saturated heterocycles. The largest absolute Gasteiger partial charge is 0.453 e. The van der Waals surface area contributed by atoms with Gasteiger partial charge in [-0.25, -0.2) is 4.79 Å². The van der Waals surface area contributed by atoms with Gasteiger partial charge in [-0.1, -0.05) is 12.8 Å². The predicted molar refractivity (Wildman–Crippen MR) is 68.5 cm³/mol. The van der Waals surface area contributed by atoms with Crippen LogP contribution in [0, 0.1) is 5.92 Å². The fraction of sp³-hybridized carbons (Fsp3) is 0.846. The number of likely N-dealkylation sites (tertiary alicyclic amines) is 1. The Balaban J connectivity index is 1.84. The molecule has 1 saturated carbocycles. The molecule has 0 aromatic rings. The molecule has 2 rings (SSSR count). The van der Waals surface area contributed by atoms with Crippen molar-refractivity contribution in [2.24, 2.45) is 5.92 Å². The number of hydrogen-bond donors (Lipinski definition) is 2. The molecule has 6 heteroatoms. The first-order chi connectivity index (χ1) is 9.03. The maximum absolute atomic E-state index is 11.6. The molecule has 2 atom stereocenters. The molecule has 1 aliphatic carbocycles. The van der Waals surface area contributed by atoms with E-state index in [4.69, 9.17) is 0 Å². The number of hydrogen-bond acceptors (Lipinski definition) is 5. The van der Waals surface area contributed by atoms with Crippen molar-refractivity contribution in [2.75, 3.05) is 26.7 Å². The normalized spacial score (nSPS) is 31.4. The number of amides is 2. The van der Waals surface area contributed by atoms with Crippen LogP contribution in [-0.4, -0.2) is 54.4 Å². The van der Waals surface area contributed by atoms with E-state index in [0.29, 0.717) is 13.0 Å². The lowest BCUT2D eigenvalue weighted by Crippen LogP contribution is -2.55. The first-order valence-electron chi connectivity index (χ1n) is 6.86. The van der Waals surface area contributed by atoms with Gasteiger partial charge in [-0.2, -0.15) is 0 Å². The minimum absolute atomic E-state index is 0.182. The van der Waals surface area contributed by atoms with Crippen LogP contribution in [0.25, 0.3) is 0 Å². The third-order valence-electron chi connectivity index (χ3n) is 4.31. The molecule has 108 valence electrons. The molecule has 0 radical (unpaired) electrons. The number of fused-ring (bicyclic) bond motifs is 1. The van der Waals surface area contributed by atoms with E-state index in [-0.39, 0.29) is 18.4 Å². The fourth-order valence-electron chi connectivity index (χ4n) is 3.19. The number of rotatable bonds is 2. The summed E-state index contributed by atoms with van der Waals surface area (Å²) in [5, 5.41) is 12.7. The van der Waals surface area contributed by atoms with Crippen molar-refractivity contribution < 1.29 is 19.4 Å². The SMILES string of the molecule is COC(=O)NC(=O)CN1CCC2(O)CCCCC2C1. The van der Waals surface area contributed by atoms with E-state index in [1.807, 2.05) is 4.90 Å². The van der Waals surface area contributed by atoms with Gasteiger partial charge in [-0.15, -0.1) is 0 Å². The maximum Gasteiger partial charge on any atom is 0.413 e. The lowest BCUT2D eigenvalue weighted by molar-refractivity contribution is -0.126. The second kappa shape index (κ2) is 5.88. The number of piperidine rings is 1. The third kappa shape index (κ3) is 3.45. The monoisotopic (exact) mass is 270 g/mol. The van der Waals surface area contributed by atoms with Crippen LogP contribution in [0.2, 0.25) is 0 Å². The summed E-state index contributed by atoms with van der Waals surface area (Å²) in [6, 6.07) is 0. The van der Waals surface area contributed by atoms with Gasteiger partial charge in [0.2, 0.25) is 5.91 Å². The van der Waals surface area contributed by atoms with E-state index < -0.39 is 11.7 Å². The predicted octanol–water partition coefficient (Wildman–Crippen LogP) is 0.496. The molecule has 6 nitrogen and oxygen atoms in total. The van der Waals surface area contributed by atoms with E-state index >= 15 is 0 Å². The Morgan fingerprint density at radius 1 is 1.42 bits per heavy atom. The van der Waals surface area contributed by atoms with Crippen LogP contribution < -0.4 is 5.32 Å². The molecule has 1 aliphatic heterocycles. The van der Waals surface area contributed by atoms with Crippen LogP contribution in [0.5, 0.6) is 0 Å². The molecule has 0 aromatic carbocycles. The van der Waals surface area contributed by atoms with Gasteiger partial charge in [-0.3, -0.25) is 15.0 Å². The Kier molecular flexibility index (Phi) is 4.42. The number of ether oxygens (including phenoxy) is 1. The standard InChI is InChI=1S/C13H22N2O4/c1-19-12(17)14-11(16)9-15-7-6-13(18)5-3-2-4-10(13)8-15/h10,18H,2-9H2,1H3,(H,14,16,17). The summed E-state index contributed by atoms with van der Waals surface area (Å²) in [7, 11) is 1.23. The number of nitrogens with zero attached hydrogens (tertiary/aromatic N) is 1. The Hall–Kier alpha value is -1.14.